The van der Waals surface area contributed by atoms with E-state index in [0.29, 0.717) is 52.0 Å². The van der Waals surface area contributed by atoms with Crippen LogP contribution in [0.3, 0.4) is 0 Å². The number of rotatable bonds is 9. The maximum absolute atomic E-state index is 14.3. The van der Waals surface area contributed by atoms with Crippen molar-refractivity contribution in [2.75, 3.05) is 32.8 Å². The van der Waals surface area contributed by atoms with Crippen LogP contribution in [-0.2, 0) is 25.7 Å². The number of amides is 3. The van der Waals surface area contributed by atoms with Crippen LogP contribution in [0.25, 0.3) is 0 Å². The molecule has 1 aromatic rings. The van der Waals surface area contributed by atoms with Gasteiger partial charge in [-0.1, -0.05) is 68.5 Å². The van der Waals surface area contributed by atoms with Crippen LogP contribution in [0, 0.1) is 11.8 Å². The Morgan fingerprint density at radius 3 is 2.34 bits per heavy atom. The molecule has 204 valence electrons. The van der Waals surface area contributed by atoms with Gasteiger partial charge in [0.25, 0.3) is 0 Å². The largest absolute Gasteiger partial charge is 0.396 e. The van der Waals surface area contributed by atoms with Crippen LogP contribution >= 0.6 is 0 Å². The molecule has 8 heteroatoms. The van der Waals surface area contributed by atoms with Crippen LogP contribution < -0.4 is 0 Å². The number of aliphatic hydroxyl groups is 1. The van der Waals surface area contributed by atoms with Crippen molar-refractivity contribution >= 4 is 17.7 Å². The van der Waals surface area contributed by atoms with Gasteiger partial charge >= 0.3 is 0 Å². The van der Waals surface area contributed by atoms with E-state index in [2.05, 4.69) is 0 Å². The first-order chi connectivity index (χ1) is 18.4. The fourth-order valence-electron chi connectivity index (χ4n) is 6.91. The molecule has 4 aliphatic heterocycles. The predicted molar refractivity (Wildman–Crippen MR) is 143 cm³/mol. The summed E-state index contributed by atoms with van der Waals surface area (Å²) >= 11 is 0. The second-order valence-electron chi connectivity index (χ2n) is 10.9. The first-order valence-corrected chi connectivity index (χ1v) is 14.0. The van der Waals surface area contributed by atoms with Crippen LogP contribution in [0.4, 0.5) is 0 Å². The molecule has 3 amide bonds. The number of hydrogen-bond donors (Lipinski definition) is 1. The Kier molecular flexibility index (Phi) is 7.47. The van der Waals surface area contributed by atoms with E-state index >= 15 is 0 Å². The minimum absolute atomic E-state index is 0.0164. The van der Waals surface area contributed by atoms with E-state index in [9.17, 15) is 19.5 Å². The van der Waals surface area contributed by atoms with Gasteiger partial charge in [0.15, 0.2) is 0 Å². The predicted octanol–water partition coefficient (Wildman–Crippen LogP) is 2.53. The van der Waals surface area contributed by atoms with Crippen molar-refractivity contribution in [1.29, 1.82) is 0 Å². The molecule has 0 aromatic heterocycles. The summed E-state index contributed by atoms with van der Waals surface area (Å²) in [7, 11) is 0. The van der Waals surface area contributed by atoms with Gasteiger partial charge in [-0.25, -0.2) is 0 Å². The summed E-state index contributed by atoms with van der Waals surface area (Å²) in [5.74, 6) is -1.92. The van der Waals surface area contributed by atoms with Gasteiger partial charge in [-0.05, 0) is 31.2 Å². The van der Waals surface area contributed by atoms with Crippen molar-refractivity contribution in [2.24, 2.45) is 11.8 Å². The van der Waals surface area contributed by atoms with Gasteiger partial charge in [0.05, 0.1) is 17.4 Å². The lowest BCUT2D eigenvalue weighted by Gasteiger charge is -2.38. The monoisotopic (exact) mass is 521 g/mol. The molecule has 1 unspecified atom stereocenters. The number of benzene rings is 1. The quantitative estimate of drug-likeness (QED) is 0.399. The van der Waals surface area contributed by atoms with E-state index in [1.165, 1.54) is 0 Å². The van der Waals surface area contributed by atoms with Crippen LogP contribution in [0.5, 0.6) is 0 Å². The topological polar surface area (TPSA) is 90.4 Å². The second kappa shape index (κ2) is 10.7. The number of unbranched alkanes of at least 4 members (excludes halogenated alkanes) is 1. The highest BCUT2D eigenvalue weighted by Crippen LogP contribution is 2.58. The standard InChI is InChI=1S/C30H39N3O5/c1-3-16-31-17-10-14-29(4-2)23(26(31)35)24-27(36)33(19-8-9-20-34)25-28(37)32(18-11-15-30(24,25)38-29)21-22-12-6-5-7-13-22/h5-7,10-15,23-25,34H,3-4,8-9,16-21H2,1-2H3/t23-,24+,25?,29+,30+/m1/s1. The zero-order chi connectivity index (χ0) is 26.9. The molecular weight excluding hydrogens is 482 g/mol. The minimum Gasteiger partial charge on any atom is -0.396 e. The third kappa shape index (κ3) is 4.18. The number of carbonyl (C=O) groups excluding carboxylic acids is 3. The summed E-state index contributed by atoms with van der Waals surface area (Å²) in [6.45, 7) is 6.29. The van der Waals surface area contributed by atoms with Crippen molar-refractivity contribution in [1.82, 2.24) is 14.7 Å². The van der Waals surface area contributed by atoms with Gasteiger partial charge in [-0.3, -0.25) is 14.4 Å². The maximum Gasteiger partial charge on any atom is 0.249 e. The normalized spacial score (nSPS) is 32.3. The number of nitrogens with zero attached hydrogens (tertiary/aromatic N) is 3. The fourth-order valence-corrected chi connectivity index (χ4v) is 6.91. The van der Waals surface area contributed by atoms with Crippen LogP contribution in [0.2, 0.25) is 0 Å². The maximum atomic E-state index is 14.3. The third-order valence-electron chi connectivity index (χ3n) is 8.62. The van der Waals surface area contributed by atoms with Gasteiger partial charge in [-0.2, -0.15) is 0 Å². The summed E-state index contributed by atoms with van der Waals surface area (Å²) < 4.78 is 6.97. The Morgan fingerprint density at radius 1 is 0.895 bits per heavy atom. The molecule has 0 aliphatic carbocycles. The van der Waals surface area contributed by atoms with Gasteiger partial charge in [0.1, 0.15) is 11.6 Å². The Labute approximate surface area is 224 Å². The molecule has 1 aromatic carbocycles. The smallest absolute Gasteiger partial charge is 0.249 e. The highest BCUT2D eigenvalue weighted by Gasteiger charge is 2.75. The highest BCUT2D eigenvalue weighted by atomic mass is 16.5. The van der Waals surface area contributed by atoms with E-state index in [1.54, 1.807) is 9.80 Å². The number of carbonyl (C=O) groups is 3. The zero-order valence-corrected chi connectivity index (χ0v) is 22.4. The van der Waals surface area contributed by atoms with Crippen molar-refractivity contribution < 1.29 is 24.2 Å². The lowest BCUT2D eigenvalue weighted by Crippen LogP contribution is -2.56. The summed E-state index contributed by atoms with van der Waals surface area (Å²) in [6, 6.07) is 8.95. The van der Waals surface area contributed by atoms with E-state index in [0.717, 1.165) is 12.0 Å². The SMILES string of the molecule is CCCN1CC=C[C@]2(CC)O[C@]34C=CCN(Cc5ccccc5)C(=O)C3N(CCCCO)C(=O)[C@@H]4[C@@H]2C1=O. The van der Waals surface area contributed by atoms with Crippen molar-refractivity contribution in [3.63, 3.8) is 0 Å². The number of aliphatic hydroxyl groups excluding tert-OH is 1. The van der Waals surface area contributed by atoms with E-state index < -0.39 is 29.1 Å². The summed E-state index contributed by atoms with van der Waals surface area (Å²) in [4.78, 5) is 47.9. The molecule has 5 rings (SSSR count). The Bertz CT molecular complexity index is 1120. The van der Waals surface area contributed by atoms with Gasteiger partial charge in [0, 0.05) is 39.3 Å². The number of ether oxygens (including phenoxy) is 1. The molecule has 4 heterocycles. The van der Waals surface area contributed by atoms with E-state index in [1.807, 2.05) is 73.4 Å². The average molecular weight is 522 g/mol. The van der Waals surface area contributed by atoms with E-state index in [4.69, 9.17) is 4.74 Å². The molecule has 1 spiro atoms. The third-order valence-corrected chi connectivity index (χ3v) is 8.62. The van der Waals surface area contributed by atoms with Gasteiger partial charge < -0.3 is 24.5 Å². The number of hydrogen-bond acceptors (Lipinski definition) is 5. The molecule has 8 nitrogen and oxygen atoms in total. The Morgan fingerprint density at radius 2 is 1.63 bits per heavy atom. The van der Waals surface area contributed by atoms with Gasteiger partial charge in [0.2, 0.25) is 17.7 Å². The van der Waals surface area contributed by atoms with Gasteiger partial charge in [-0.15, -0.1) is 0 Å². The molecule has 4 aliphatic rings. The minimum atomic E-state index is -1.23. The zero-order valence-electron chi connectivity index (χ0n) is 22.4. The summed E-state index contributed by atoms with van der Waals surface area (Å²) in [5, 5.41) is 9.40. The molecule has 5 atom stereocenters. The first kappa shape index (κ1) is 26.6. The lowest BCUT2D eigenvalue weighted by molar-refractivity contribution is -0.154. The molecule has 0 radical (unpaired) electrons. The molecule has 0 saturated carbocycles. The van der Waals surface area contributed by atoms with Crippen molar-refractivity contribution in [3.05, 3.63) is 60.2 Å². The lowest BCUT2D eigenvalue weighted by atomic mass is 9.73. The molecule has 2 saturated heterocycles. The Balaban J connectivity index is 1.59. The van der Waals surface area contributed by atoms with E-state index in [-0.39, 0.29) is 24.3 Å². The van der Waals surface area contributed by atoms with Crippen LogP contribution in [0.15, 0.2) is 54.6 Å². The first-order valence-electron chi connectivity index (χ1n) is 14.0. The fraction of sp³-hybridized carbons (Fsp3) is 0.567. The summed E-state index contributed by atoms with van der Waals surface area (Å²) in [6.07, 6.45) is 10.2. The number of likely N-dealkylation sites (tertiary alicyclic amines) is 1. The summed E-state index contributed by atoms with van der Waals surface area (Å²) in [5.41, 5.74) is -1.17. The van der Waals surface area contributed by atoms with Crippen molar-refractivity contribution in [3.8, 4) is 0 Å². The molecular formula is C30H39N3O5. The van der Waals surface area contributed by atoms with Crippen LogP contribution in [0.1, 0.15) is 45.1 Å². The molecule has 1 N–H and O–H groups in total. The number of fused-ring (bicyclic) bond motifs is 2. The van der Waals surface area contributed by atoms with Crippen LogP contribution in [-0.4, -0.2) is 87.6 Å². The highest BCUT2D eigenvalue weighted by molar-refractivity contribution is 6.00. The molecule has 2 fully saturated rings. The second-order valence-corrected chi connectivity index (χ2v) is 10.9. The van der Waals surface area contributed by atoms with Crippen molar-refractivity contribution in [2.45, 2.75) is 63.3 Å². The Hall–Kier alpha value is -2.97. The average Bonchev–Trinajstić information content (AvgIpc) is 3.21. The molecule has 0 bridgehead atoms. The molecule has 38 heavy (non-hydrogen) atoms.